The number of rotatable bonds is 5. The molecule has 2 aromatic carbocycles. The van der Waals surface area contributed by atoms with Crippen molar-refractivity contribution in [2.45, 2.75) is 30.7 Å². The number of carbonyl (C=O) groups is 3. The number of hydrogen-bond donors (Lipinski definition) is 2. The van der Waals surface area contributed by atoms with E-state index < -0.39 is 23.3 Å². The number of hydrogen-bond acceptors (Lipinski definition) is 5. The number of anilines is 1. The standard InChI is InChI=1S/C24H22Cl2N2O5/c1-12(2)22-24(16-6-4-14(26)9-18(16)27-23(24)31)17(10-20(29)28-22)15-8-13(25)5-7-19(15)33-11-21(30)32-3/h4-9,17,22H,1,10-11H2,2-3H3,(H,27,31)(H,28,29). The molecule has 1 fully saturated rings. The molecular formula is C24H22Cl2N2O5. The molecule has 0 aliphatic carbocycles. The van der Waals surface area contributed by atoms with Gasteiger partial charge in [0.1, 0.15) is 11.2 Å². The van der Waals surface area contributed by atoms with Crippen LogP contribution < -0.4 is 15.4 Å². The predicted molar refractivity (Wildman–Crippen MR) is 125 cm³/mol. The average Bonchev–Trinajstić information content (AvgIpc) is 3.05. The van der Waals surface area contributed by atoms with Crippen LogP contribution in [-0.2, 0) is 24.5 Å². The third kappa shape index (κ3) is 3.85. The van der Waals surface area contributed by atoms with Crippen LogP contribution in [0.2, 0.25) is 10.0 Å². The summed E-state index contributed by atoms with van der Waals surface area (Å²) in [5, 5.41) is 6.75. The third-order valence-electron chi connectivity index (χ3n) is 6.16. The van der Waals surface area contributed by atoms with Gasteiger partial charge in [0.2, 0.25) is 11.8 Å². The molecule has 3 atom stereocenters. The molecule has 0 radical (unpaired) electrons. The molecule has 172 valence electrons. The highest BCUT2D eigenvalue weighted by atomic mass is 35.5. The summed E-state index contributed by atoms with van der Waals surface area (Å²) >= 11 is 12.5. The molecule has 7 nitrogen and oxygen atoms in total. The first kappa shape index (κ1) is 23.1. The maximum Gasteiger partial charge on any atom is 0.343 e. The lowest BCUT2D eigenvalue weighted by atomic mass is 9.59. The van der Waals surface area contributed by atoms with Crippen LogP contribution in [0.1, 0.15) is 30.4 Å². The fraction of sp³-hybridized carbons (Fsp3) is 0.292. The molecule has 1 saturated heterocycles. The summed E-state index contributed by atoms with van der Waals surface area (Å²) in [5.74, 6) is -1.43. The molecule has 0 aromatic heterocycles. The lowest BCUT2D eigenvalue weighted by molar-refractivity contribution is -0.143. The minimum atomic E-state index is -1.23. The van der Waals surface area contributed by atoms with Gasteiger partial charge in [0.25, 0.3) is 0 Å². The Balaban J connectivity index is 1.95. The van der Waals surface area contributed by atoms with E-state index in [1.54, 1.807) is 43.3 Å². The molecule has 2 aliphatic heterocycles. The molecule has 33 heavy (non-hydrogen) atoms. The zero-order chi connectivity index (χ0) is 23.9. The van der Waals surface area contributed by atoms with E-state index in [1.165, 1.54) is 7.11 Å². The SMILES string of the molecule is C=C(C)C1NC(=O)CC(c2cc(Cl)ccc2OCC(=O)OC)C12C(=O)Nc1cc(Cl)ccc12. The Morgan fingerprint density at radius 2 is 1.88 bits per heavy atom. The molecular weight excluding hydrogens is 467 g/mol. The third-order valence-corrected chi connectivity index (χ3v) is 6.63. The second-order valence-electron chi connectivity index (χ2n) is 8.16. The predicted octanol–water partition coefficient (Wildman–Crippen LogP) is 3.98. The van der Waals surface area contributed by atoms with Gasteiger partial charge in [-0.05, 0) is 42.8 Å². The molecule has 4 rings (SSSR count). The van der Waals surface area contributed by atoms with Gasteiger partial charge in [0, 0.05) is 33.6 Å². The van der Waals surface area contributed by atoms with Crippen LogP contribution >= 0.6 is 23.2 Å². The summed E-state index contributed by atoms with van der Waals surface area (Å²) in [6.45, 7) is 5.49. The van der Waals surface area contributed by atoms with Crippen molar-refractivity contribution in [3.05, 3.63) is 69.7 Å². The average molecular weight is 489 g/mol. The zero-order valence-corrected chi connectivity index (χ0v) is 19.5. The topological polar surface area (TPSA) is 93.7 Å². The van der Waals surface area contributed by atoms with E-state index in [1.807, 2.05) is 0 Å². The minimum Gasteiger partial charge on any atom is -0.482 e. The summed E-state index contributed by atoms with van der Waals surface area (Å²) in [6, 6.07) is 9.37. The molecule has 2 heterocycles. The smallest absolute Gasteiger partial charge is 0.343 e. The van der Waals surface area contributed by atoms with E-state index in [4.69, 9.17) is 27.9 Å². The molecule has 0 saturated carbocycles. The van der Waals surface area contributed by atoms with Gasteiger partial charge in [-0.25, -0.2) is 4.79 Å². The van der Waals surface area contributed by atoms with Crippen molar-refractivity contribution in [2.24, 2.45) is 0 Å². The van der Waals surface area contributed by atoms with Gasteiger partial charge in [-0.1, -0.05) is 41.4 Å². The molecule has 3 unspecified atom stereocenters. The summed E-state index contributed by atoms with van der Waals surface area (Å²) < 4.78 is 10.4. The van der Waals surface area contributed by atoms with Crippen LogP contribution in [0, 0.1) is 0 Å². The number of amides is 2. The fourth-order valence-electron chi connectivity index (χ4n) is 4.83. The van der Waals surface area contributed by atoms with Gasteiger partial charge in [-0.15, -0.1) is 0 Å². The maximum atomic E-state index is 13.7. The Hall–Kier alpha value is -3.03. The number of fused-ring (bicyclic) bond motifs is 2. The molecule has 2 N–H and O–H groups in total. The van der Waals surface area contributed by atoms with Crippen molar-refractivity contribution in [1.82, 2.24) is 5.32 Å². The second kappa shape index (κ2) is 8.72. The number of methoxy groups -OCH3 is 1. The van der Waals surface area contributed by atoms with Gasteiger partial charge < -0.3 is 20.1 Å². The van der Waals surface area contributed by atoms with Crippen LogP contribution in [0.3, 0.4) is 0 Å². The highest BCUT2D eigenvalue weighted by molar-refractivity contribution is 6.31. The van der Waals surface area contributed by atoms with Crippen LogP contribution in [-0.4, -0.2) is 37.5 Å². The van der Waals surface area contributed by atoms with Crippen molar-refractivity contribution in [3.8, 4) is 5.75 Å². The number of nitrogens with one attached hydrogen (secondary N) is 2. The summed E-state index contributed by atoms with van der Waals surface area (Å²) in [4.78, 5) is 38.3. The van der Waals surface area contributed by atoms with E-state index in [9.17, 15) is 14.4 Å². The lowest BCUT2D eigenvalue weighted by Crippen LogP contribution is -2.62. The van der Waals surface area contributed by atoms with Crippen molar-refractivity contribution < 1.29 is 23.9 Å². The van der Waals surface area contributed by atoms with Gasteiger partial charge in [-0.2, -0.15) is 0 Å². The summed E-state index contributed by atoms with van der Waals surface area (Å²) in [6.07, 6.45) is -0.00576. The first-order valence-electron chi connectivity index (χ1n) is 10.2. The molecule has 0 bridgehead atoms. The van der Waals surface area contributed by atoms with Crippen LogP contribution in [0.25, 0.3) is 0 Å². The summed E-state index contributed by atoms with van der Waals surface area (Å²) in [7, 11) is 1.26. The number of piperidine rings is 1. The monoisotopic (exact) mass is 488 g/mol. The highest BCUT2D eigenvalue weighted by Crippen LogP contribution is 2.55. The first-order chi connectivity index (χ1) is 15.7. The quantitative estimate of drug-likeness (QED) is 0.490. The number of halogens is 2. The normalized spacial score (nSPS) is 23.5. The van der Waals surface area contributed by atoms with Crippen LogP contribution in [0.15, 0.2) is 48.6 Å². The number of esters is 1. The van der Waals surface area contributed by atoms with Crippen molar-refractivity contribution in [3.63, 3.8) is 0 Å². The van der Waals surface area contributed by atoms with Crippen LogP contribution in [0.4, 0.5) is 5.69 Å². The Labute approximate surface area is 201 Å². The first-order valence-corrected chi connectivity index (χ1v) is 11.0. The largest absolute Gasteiger partial charge is 0.482 e. The highest BCUT2D eigenvalue weighted by Gasteiger charge is 2.61. The van der Waals surface area contributed by atoms with Crippen LogP contribution in [0.5, 0.6) is 5.75 Å². The zero-order valence-electron chi connectivity index (χ0n) is 18.0. The Morgan fingerprint density at radius 1 is 1.18 bits per heavy atom. The lowest BCUT2D eigenvalue weighted by Gasteiger charge is -2.46. The maximum absolute atomic E-state index is 13.7. The van der Waals surface area contributed by atoms with E-state index in [-0.39, 0.29) is 24.8 Å². The van der Waals surface area contributed by atoms with Crippen molar-refractivity contribution >= 4 is 46.7 Å². The second-order valence-corrected chi connectivity index (χ2v) is 9.04. The number of ether oxygens (including phenoxy) is 2. The minimum absolute atomic E-state index is 0.00576. The Bertz CT molecular complexity index is 1180. The molecule has 2 aliphatic rings. The van der Waals surface area contributed by atoms with Gasteiger partial charge in [-0.3, -0.25) is 9.59 Å². The number of carbonyl (C=O) groups excluding carboxylic acids is 3. The Morgan fingerprint density at radius 3 is 2.58 bits per heavy atom. The summed E-state index contributed by atoms with van der Waals surface area (Å²) in [5.41, 5.74) is 1.18. The van der Waals surface area contributed by atoms with Crippen molar-refractivity contribution in [1.29, 1.82) is 0 Å². The van der Waals surface area contributed by atoms with E-state index in [0.29, 0.717) is 38.2 Å². The van der Waals surface area contributed by atoms with Gasteiger partial charge in [0.15, 0.2) is 6.61 Å². The van der Waals surface area contributed by atoms with Gasteiger partial charge in [0.05, 0.1) is 13.2 Å². The molecule has 2 aromatic rings. The molecule has 1 spiro atoms. The fourth-order valence-corrected chi connectivity index (χ4v) is 5.18. The molecule has 2 amide bonds. The van der Waals surface area contributed by atoms with E-state index in [0.717, 1.165) is 0 Å². The number of benzene rings is 2. The van der Waals surface area contributed by atoms with E-state index in [2.05, 4.69) is 21.9 Å². The van der Waals surface area contributed by atoms with E-state index >= 15 is 0 Å². The van der Waals surface area contributed by atoms with Gasteiger partial charge >= 0.3 is 5.97 Å². The Kier molecular flexibility index (Phi) is 6.12. The molecule has 9 heteroatoms. The van der Waals surface area contributed by atoms with Crippen molar-refractivity contribution in [2.75, 3.05) is 19.0 Å².